The quantitative estimate of drug-likeness (QED) is 0.724. The molecule has 0 saturated carbocycles. The van der Waals surface area contributed by atoms with E-state index in [0.29, 0.717) is 6.54 Å². The van der Waals surface area contributed by atoms with Gasteiger partial charge in [0.1, 0.15) is 6.04 Å². The number of aliphatic hydroxyl groups excluding tert-OH is 1. The van der Waals surface area contributed by atoms with Gasteiger partial charge in [-0.1, -0.05) is 43.2 Å². The van der Waals surface area contributed by atoms with E-state index in [4.69, 9.17) is 5.11 Å². The lowest BCUT2D eigenvalue weighted by Gasteiger charge is -2.07. The van der Waals surface area contributed by atoms with E-state index in [1.807, 2.05) is 30.3 Å². The first-order valence-electron chi connectivity index (χ1n) is 7.46. The molecule has 0 radical (unpaired) electrons. The molecule has 114 valence electrons. The summed E-state index contributed by atoms with van der Waals surface area (Å²) in [6, 6.07) is 9.73. The lowest BCUT2D eigenvalue weighted by atomic mass is 10.2. The normalized spacial score (nSPS) is 17.6. The molecule has 0 aromatic heterocycles. The van der Waals surface area contributed by atoms with Crippen molar-refractivity contribution in [3.8, 4) is 0 Å². The maximum Gasteiger partial charge on any atom is 0.245 e. The predicted molar refractivity (Wildman–Crippen MR) is 87.8 cm³/mol. The number of carbonyl (C=O) groups is 1. The van der Waals surface area contributed by atoms with Crippen molar-refractivity contribution < 1.29 is 9.90 Å². The number of hydrogen-bond donors (Lipinski definition) is 2. The smallest absolute Gasteiger partial charge is 0.245 e. The molecule has 1 aliphatic heterocycles. The zero-order chi connectivity index (χ0) is 14.9. The fourth-order valence-corrected chi connectivity index (χ4v) is 3.21. The van der Waals surface area contributed by atoms with Gasteiger partial charge >= 0.3 is 0 Å². The van der Waals surface area contributed by atoms with Gasteiger partial charge in [0.15, 0.2) is 0 Å². The van der Waals surface area contributed by atoms with Crippen LogP contribution in [0.2, 0.25) is 0 Å². The molecular formula is C16H22N2O2S. The molecule has 1 aromatic rings. The minimum atomic E-state index is -0.261. The molecule has 0 aliphatic carbocycles. The molecule has 0 spiro atoms. The van der Waals surface area contributed by atoms with Gasteiger partial charge in [-0.15, -0.1) is 11.8 Å². The SMILES string of the molecule is O=C(NCCCCCCO)C1CSC(c2ccccc2)=N1. The van der Waals surface area contributed by atoms with Gasteiger partial charge in [0.05, 0.1) is 5.04 Å². The number of hydrogen-bond acceptors (Lipinski definition) is 4. The van der Waals surface area contributed by atoms with Gasteiger partial charge in [0, 0.05) is 24.5 Å². The second-order valence-corrected chi connectivity index (χ2v) is 6.06. The second-order valence-electron chi connectivity index (χ2n) is 5.06. The zero-order valence-electron chi connectivity index (χ0n) is 12.1. The summed E-state index contributed by atoms with van der Waals surface area (Å²) in [6.45, 7) is 0.949. The fraction of sp³-hybridized carbons (Fsp3) is 0.500. The Morgan fingerprint density at radius 2 is 2.00 bits per heavy atom. The summed E-state index contributed by atoms with van der Waals surface area (Å²) in [4.78, 5) is 16.6. The van der Waals surface area contributed by atoms with Gasteiger partial charge in [-0.25, -0.2) is 0 Å². The molecule has 21 heavy (non-hydrogen) atoms. The van der Waals surface area contributed by atoms with E-state index >= 15 is 0 Å². The molecule has 5 heteroatoms. The van der Waals surface area contributed by atoms with Crippen molar-refractivity contribution in [2.24, 2.45) is 4.99 Å². The minimum absolute atomic E-state index is 0.0237. The number of benzene rings is 1. The number of nitrogens with one attached hydrogen (secondary N) is 1. The number of aliphatic imine (C=N–C) groups is 1. The Hall–Kier alpha value is -1.33. The van der Waals surface area contributed by atoms with Crippen LogP contribution in [0.4, 0.5) is 0 Å². The van der Waals surface area contributed by atoms with Crippen molar-refractivity contribution in [3.63, 3.8) is 0 Å². The summed E-state index contributed by atoms with van der Waals surface area (Å²) in [6.07, 6.45) is 3.86. The van der Waals surface area contributed by atoms with E-state index in [9.17, 15) is 4.79 Å². The van der Waals surface area contributed by atoms with Crippen LogP contribution in [-0.2, 0) is 4.79 Å². The molecule has 1 aliphatic rings. The van der Waals surface area contributed by atoms with E-state index in [1.54, 1.807) is 11.8 Å². The van der Waals surface area contributed by atoms with Crippen molar-refractivity contribution in [1.29, 1.82) is 0 Å². The van der Waals surface area contributed by atoms with Crippen molar-refractivity contribution >= 4 is 22.7 Å². The minimum Gasteiger partial charge on any atom is -0.396 e. The summed E-state index contributed by atoms with van der Waals surface area (Å²) >= 11 is 1.64. The predicted octanol–water partition coefficient (Wildman–Crippen LogP) is 2.22. The highest BCUT2D eigenvalue weighted by Gasteiger charge is 2.25. The Kier molecular flexibility index (Phi) is 6.76. The maximum absolute atomic E-state index is 12.0. The van der Waals surface area contributed by atoms with Crippen molar-refractivity contribution in [2.45, 2.75) is 31.7 Å². The monoisotopic (exact) mass is 306 g/mol. The number of nitrogens with zero attached hydrogens (tertiary/aromatic N) is 1. The molecule has 2 rings (SSSR count). The number of unbranched alkanes of at least 4 members (excludes halogenated alkanes) is 3. The van der Waals surface area contributed by atoms with E-state index in [0.717, 1.165) is 42.0 Å². The van der Waals surface area contributed by atoms with Gasteiger partial charge in [0.2, 0.25) is 5.91 Å². The standard InChI is InChI=1S/C16H22N2O2S/c19-11-7-2-1-6-10-17-15(20)14-12-21-16(18-14)13-8-4-3-5-9-13/h3-5,8-9,14,19H,1-2,6-7,10-12H2,(H,17,20). The van der Waals surface area contributed by atoms with E-state index < -0.39 is 0 Å². The zero-order valence-corrected chi connectivity index (χ0v) is 12.9. The molecule has 1 amide bonds. The van der Waals surface area contributed by atoms with E-state index in [-0.39, 0.29) is 18.6 Å². The summed E-state index contributed by atoms with van der Waals surface area (Å²) in [7, 11) is 0. The molecule has 0 saturated heterocycles. The van der Waals surface area contributed by atoms with Gasteiger partial charge in [-0.05, 0) is 12.8 Å². The second kappa shape index (κ2) is 8.85. The molecule has 2 N–H and O–H groups in total. The third kappa shape index (κ3) is 5.17. The van der Waals surface area contributed by atoms with Crippen molar-refractivity contribution in [3.05, 3.63) is 35.9 Å². The highest BCUT2D eigenvalue weighted by Crippen LogP contribution is 2.23. The van der Waals surface area contributed by atoms with E-state index in [1.165, 1.54) is 0 Å². The Morgan fingerprint density at radius 1 is 1.24 bits per heavy atom. The van der Waals surface area contributed by atoms with Crippen molar-refractivity contribution in [1.82, 2.24) is 5.32 Å². The summed E-state index contributed by atoms with van der Waals surface area (Å²) < 4.78 is 0. The lowest BCUT2D eigenvalue weighted by molar-refractivity contribution is -0.121. The first-order chi connectivity index (χ1) is 10.3. The average molecular weight is 306 g/mol. The summed E-state index contributed by atoms with van der Waals surface area (Å²) in [5.41, 5.74) is 1.09. The Morgan fingerprint density at radius 3 is 2.76 bits per heavy atom. The molecule has 1 atom stereocenters. The molecular weight excluding hydrogens is 284 g/mol. The number of amides is 1. The highest BCUT2D eigenvalue weighted by atomic mass is 32.2. The molecule has 1 heterocycles. The molecule has 1 unspecified atom stereocenters. The van der Waals surface area contributed by atoms with Crippen LogP contribution >= 0.6 is 11.8 Å². The average Bonchev–Trinajstić information content (AvgIpc) is 3.01. The van der Waals surface area contributed by atoms with Crippen LogP contribution < -0.4 is 5.32 Å². The first kappa shape index (κ1) is 16.0. The highest BCUT2D eigenvalue weighted by molar-refractivity contribution is 8.14. The number of carbonyl (C=O) groups excluding carboxylic acids is 1. The number of rotatable bonds is 8. The van der Waals surface area contributed by atoms with Crippen molar-refractivity contribution in [2.75, 3.05) is 18.9 Å². The van der Waals surface area contributed by atoms with Crippen LogP contribution in [0.1, 0.15) is 31.2 Å². The number of thioether (sulfide) groups is 1. The third-order valence-corrected chi connectivity index (χ3v) is 4.46. The Labute approximate surface area is 130 Å². The van der Waals surface area contributed by atoms with Gasteiger partial charge in [0.25, 0.3) is 0 Å². The molecule has 1 aromatic carbocycles. The Balaban J connectivity index is 1.73. The van der Waals surface area contributed by atoms with Crippen LogP contribution in [0.3, 0.4) is 0 Å². The molecule has 4 nitrogen and oxygen atoms in total. The van der Waals surface area contributed by atoms with E-state index in [2.05, 4.69) is 10.3 Å². The van der Waals surface area contributed by atoms with Crippen LogP contribution in [0.25, 0.3) is 0 Å². The summed E-state index contributed by atoms with van der Waals surface area (Å²) in [5, 5.41) is 12.6. The third-order valence-electron chi connectivity index (χ3n) is 3.36. The maximum atomic E-state index is 12.0. The first-order valence-corrected chi connectivity index (χ1v) is 8.44. The lowest BCUT2D eigenvalue weighted by Crippen LogP contribution is -2.34. The van der Waals surface area contributed by atoms with Gasteiger partial charge < -0.3 is 10.4 Å². The largest absolute Gasteiger partial charge is 0.396 e. The number of aliphatic hydroxyl groups is 1. The topological polar surface area (TPSA) is 61.7 Å². The fourth-order valence-electron chi connectivity index (χ4n) is 2.17. The Bertz CT molecular complexity index is 476. The van der Waals surface area contributed by atoms with Gasteiger partial charge in [-0.3, -0.25) is 9.79 Å². The van der Waals surface area contributed by atoms with Crippen LogP contribution in [0, 0.1) is 0 Å². The molecule has 0 bridgehead atoms. The van der Waals surface area contributed by atoms with Crippen LogP contribution in [0.15, 0.2) is 35.3 Å². The van der Waals surface area contributed by atoms with Crippen LogP contribution in [0.5, 0.6) is 0 Å². The molecule has 0 fully saturated rings. The van der Waals surface area contributed by atoms with Gasteiger partial charge in [-0.2, -0.15) is 0 Å². The summed E-state index contributed by atoms with van der Waals surface area (Å²) in [5.74, 6) is 0.746. The van der Waals surface area contributed by atoms with Crippen LogP contribution in [-0.4, -0.2) is 41.0 Å².